The predicted molar refractivity (Wildman–Crippen MR) is 51.3 cm³/mol. The Morgan fingerprint density at radius 3 is 2.42 bits per heavy atom. The fourth-order valence-corrected chi connectivity index (χ4v) is 2.58. The second kappa shape index (κ2) is 3.75. The lowest BCUT2D eigenvalue weighted by Crippen LogP contribution is -2.42. The third kappa shape index (κ3) is 1.80. The molecule has 2 heterocycles. The van der Waals surface area contributed by atoms with Crippen molar-refractivity contribution in [3.63, 3.8) is 0 Å². The van der Waals surface area contributed by atoms with Crippen LogP contribution in [0.1, 0.15) is 32.1 Å². The predicted octanol–water partition coefficient (Wildman–Crippen LogP) is 1.13. The van der Waals surface area contributed by atoms with Gasteiger partial charge in [-0.3, -0.25) is 0 Å². The summed E-state index contributed by atoms with van der Waals surface area (Å²) in [5.74, 6) is 0. The van der Waals surface area contributed by atoms with Gasteiger partial charge in [-0.05, 0) is 50.7 Å². The molecule has 0 atom stereocenters. The molecule has 70 valence electrons. The van der Waals surface area contributed by atoms with E-state index in [1.165, 1.54) is 58.3 Å². The maximum absolute atomic E-state index is 3.58. The highest BCUT2D eigenvalue weighted by Gasteiger charge is 2.31. The molecule has 2 nitrogen and oxygen atoms in total. The van der Waals surface area contributed by atoms with Crippen LogP contribution in [-0.2, 0) is 0 Å². The normalized spacial score (nSPS) is 30.0. The number of piperidine rings is 1. The summed E-state index contributed by atoms with van der Waals surface area (Å²) in [6, 6.07) is 0. The Balaban J connectivity index is 1.95. The van der Waals surface area contributed by atoms with Crippen molar-refractivity contribution in [1.29, 1.82) is 0 Å². The van der Waals surface area contributed by atoms with Crippen LogP contribution in [0, 0.1) is 5.41 Å². The van der Waals surface area contributed by atoms with E-state index in [0.717, 1.165) is 0 Å². The van der Waals surface area contributed by atoms with Gasteiger partial charge in [-0.25, -0.2) is 0 Å². The molecule has 12 heavy (non-hydrogen) atoms. The maximum atomic E-state index is 3.58. The molecule has 0 radical (unpaired) electrons. The van der Waals surface area contributed by atoms with Gasteiger partial charge in [0, 0.05) is 6.54 Å². The quantitative estimate of drug-likeness (QED) is 0.566. The molecule has 0 bridgehead atoms. The fourth-order valence-electron chi connectivity index (χ4n) is 2.58. The Morgan fingerprint density at radius 2 is 1.58 bits per heavy atom. The lowest BCUT2D eigenvalue weighted by molar-refractivity contribution is 0.187. The lowest BCUT2D eigenvalue weighted by atomic mass is 9.75. The van der Waals surface area contributed by atoms with Crippen molar-refractivity contribution in [1.82, 2.24) is 10.6 Å². The minimum atomic E-state index is 0.668. The molecule has 2 N–H and O–H groups in total. The molecule has 1 spiro atoms. The molecular formula is C10H20N2. The van der Waals surface area contributed by atoms with E-state index in [1.807, 2.05) is 0 Å². The van der Waals surface area contributed by atoms with Gasteiger partial charge >= 0.3 is 0 Å². The van der Waals surface area contributed by atoms with Crippen molar-refractivity contribution >= 4 is 0 Å². The first-order chi connectivity index (χ1) is 5.91. The Morgan fingerprint density at radius 1 is 0.750 bits per heavy atom. The number of hydrogen-bond donors (Lipinski definition) is 2. The molecule has 0 aromatic carbocycles. The summed E-state index contributed by atoms with van der Waals surface area (Å²) in [6.45, 7) is 4.99. The molecule has 0 aromatic heterocycles. The van der Waals surface area contributed by atoms with E-state index in [4.69, 9.17) is 0 Å². The first-order valence-corrected chi connectivity index (χ1v) is 5.33. The summed E-state index contributed by atoms with van der Waals surface area (Å²) in [5.41, 5.74) is 0.668. The largest absolute Gasteiger partial charge is 0.317 e. The van der Waals surface area contributed by atoms with Crippen LogP contribution in [0.3, 0.4) is 0 Å². The van der Waals surface area contributed by atoms with Crippen LogP contribution in [0.4, 0.5) is 0 Å². The highest BCUT2D eigenvalue weighted by atomic mass is 14.9. The van der Waals surface area contributed by atoms with Crippen molar-refractivity contribution in [2.45, 2.75) is 32.1 Å². The van der Waals surface area contributed by atoms with Crippen LogP contribution in [0.2, 0.25) is 0 Å². The van der Waals surface area contributed by atoms with Crippen LogP contribution >= 0.6 is 0 Å². The number of hydrogen-bond acceptors (Lipinski definition) is 2. The molecule has 2 fully saturated rings. The van der Waals surface area contributed by atoms with Crippen molar-refractivity contribution in [2.75, 3.05) is 26.2 Å². The second-order valence-electron chi connectivity index (χ2n) is 4.38. The molecular weight excluding hydrogens is 148 g/mol. The highest BCUT2D eigenvalue weighted by Crippen LogP contribution is 2.34. The average Bonchev–Trinajstić information content (AvgIpc) is 2.33. The van der Waals surface area contributed by atoms with Crippen molar-refractivity contribution in [3.05, 3.63) is 0 Å². The van der Waals surface area contributed by atoms with Gasteiger partial charge in [0.05, 0.1) is 0 Å². The number of nitrogens with one attached hydrogen (secondary N) is 2. The van der Waals surface area contributed by atoms with Gasteiger partial charge in [-0.1, -0.05) is 6.42 Å². The third-order valence-electron chi connectivity index (χ3n) is 3.47. The van der Waals surface area contributed by atoms with Gasteiger partial charge in [0.1, 0.15) is 0 Å². The molecule has 0 saturated carbocycles. The first-order valence-electron chi connectivity index (χ1n) is 5.33. The van der Waals surface area contributed by atoms with E-state index in [2.05, 4.69) is 10.6 Å². The molecule has 2 heteroatoms. The SMILES string of the molecule is C1CCC2(CCNCC2)CNC1. The van der Waals surface area contributed by atoms with Gasteiger partial charge in [-0.15, -0.1) is 0 Å². The van der Waals surface area contributed by atoms with Gasteiger partial charge in [0.25, 0.3) is 0 Å². The summed E-state index contributed by atoms with van der Waals surface area (Å²) >= 11 is 0. The van der Waals surface area contributed by atoms with Crippen LogP contribution < -0.4 is 10.6 Å². The fraction of sp³-hybridized carbons (Fsp3) is 1.00. The zero-order chi connectivity index (χ0) is 8.28. The Bertz CT molecular complexity index is 129. The first kappa shape index (κ1) is 8.52. The van der Waals surface area contributed by atoms with Crippen LogP contribution in [0.15, 0.2) is 0 Å². The van der Waals surface area contributed by atoms with Crippen LogP contribution in [0.5, 0.6) is 0 Å². The zero-order valence-electron chi connectivity index (χ0n) is 7.86. The summed E-state index contributed by atoms with van der Waals surface area (Å²) in [7, 11) is 0. The summed E-state index contributed by atoms with van der Waals surface area (Å²) < 4.78 is 0. The van der Waals surface area contributed by atoms with E-state index in [-0.39, 0.29) is 0 Å². The zero-order valence-corrected chi connectivity index (χ0v) is 7.86. The van der Waals surface area contributed by atoms with E-state index in [9.17, 15) is 0 Å². The van der Waals surface area contributed by atoms with Gasteiger partial charge in [-0.2, -0.15) is 0 Å². The molecule has 0 aromatic rings. The van der Waals surface area contributed by atoms with Crippen LogP contribution in [-0.4, -0.2) is 26.2 Å². The Kier molecular flexibility index (Phi) is 2.66. The average molecular weight is 168 g/mol. The van der Waals surface area contributed by atoms with Crippen LogP contribution in [0.25, 0.3) is 0 Å². The smallest absolute Gasteiger partial charge is 0.000876 e. The third-order valence-corrected chi connectivity index (χ3v) is 3.47. The van der Waals surface area contributed by atoms with E-state index < -0.39 is 0 Å². The van der Waals surface area contributed by atoms with Crippen molar-refractivity contribution < 1.29 is 0 Å². The minimum absolute atomic E-state index is 0.668. The van der Waals surface area contributed by atoms with Gasteiger partial charge < -0.3 is 10.6 Å². The van der Waals surface area contributed by atoms with Gasteiger partial charge in [0.2, 0.25) is 0 Å². The molecule has 2 aliphatic heterocycles. The molecule has 2 rings (SSSR count). The second-order valence-corrected chi connectivity index (χ2v) is 4.38. The van der Waals surface area contributed by atoms with Gasteiger partial charge in [0.15, 0.2) is 0 Å². The lowest BCUT2D eigenvalue weighted by Gasteiger charge is -2.36. The topological polar surface area (TPSA) is 24.1 Å². The van der Waals surface area contributed by atoms with Crippen molar-refractivity contribution in [2.24, 2.45) is 5.41 Å². The standard InChI is InChI=1S/C10H20N2/c1-2-6-12-9-10(3-1)4-7-11-8-5-10/h11-12H,1-9H2. The van der Waals surface area contributed by atoms with Crippen molar-refractivity contribution in [3.8, 4) is 0 Å². The maximum Gasteiger partial charge on any atom is 0.000876 e. The number of rotatable bonds is 0. The molecule has 2 aliphatic rings. The molecule has 0 amide bonds. The Labute approximate surface area is 75.1 Å². The molecule has 2 saturated heterocycles. The molecule has 0 aliphatic carbocycles. The summed E-state index contributed by atoms with van der Waals surface area (Å²) in [5, 5.41) is 7.03. The van der Waals surface area contributed by atoms with E-state index in [1.54, 1.807) is 0 Å². The minimum Gasteiger partial charge on any atom is -0.317 e. The van der Waals surface area contributed by atoms with E-state index >= 15 is 0 Å². The molecule has 0 unspecified atom stereocenters. The van der Waals surface area contributed by atoms with E-state index in [0.29, 0.717) is 5.41 Å². The highest BCUT2D eigenvalue weighted by molar-refractivity contribution is 4.87. The summed E-state index contributed by atoms with van der Waals surface area (Å²) in [4.78, 5) is 0. The Hall–Kier alpha value is -0.0800. The summed E-state index contributed by atoms with van der Waals surface area (Å²) in [6.07, 6.45) is 7.06. The monoisotopic (exact) mass is 168 g/mol.